The van der Waals surface area contributed by atoms with Gasteiger partial charge in [0, 0.05) is 37.0 Å². The Hall–Kier alpha value is -2.65. The van der Waals surface area contributed by atoms with Gasteiger partial charge < -0.3 is 10.1 Å². The number of aromatic nitrogens is 1. The minimum Gasteiger partial charge on any atom is -0.481 e. The largest absolute Gasteiger partial charge is 0.481 e. The first-order valence-corrected chi connectivity index (χ1v) is 12.2. The van der Waals surface area contributed by atoms with Gasteiger partial charge in [-0.25, -0.2) is 18.8 Å². The summed E-state index contributed by atoms with van der Waals surface area (Å²) in [5.74, 6) is 0.488. The highest BCUT2D eigenvalue weighted by Crippen LogP contribution is 2.38. The van der Waals surface area contributed by atoms with E-state index < -0.39 is 15.9 Å². The second-order valence-electron chi connectivity index (χ2n) is 8.39. The van der Waals surface area contributed by atoms with Crippen LogP contribution < -0.4 is 14.8 Å². The zero-order valence-corrected chi connectivity index (χ0v) is 18.9. The molecule has 1 aromatic heterocycles. The van der Waals surface area contributed by atoms with Crippen LogP contribution in [-0.4, -0.2) is 51.6 Å². The average Bonchev–Trinajstić information content (AvgIpc) is 3.15. The number of urea groups is 1. The van der Waals surface area contributed by atoms with Gasteiger partial charge in [0.25, 0.3) is 0 Å². The number of hydrogen-bond acceptors (Lipinski definition) is 6. The van der Waals surface area contributed by atoms with Crippen LogP contribution in [0.5, 0.6) is 5.88 Å². The first kappa shape index (κ1) is 21.6. The van der Waals surface area contributed by atoms with Gasteiger partial charge >= 0.3 is 6.03 Å². The van der Waals surface area contributed by atoms with Gasteiger partial charge in [0.15, 0.2) is 0 Å². The molecule has 2 aliphatic rings. The summed E-state index contributed by atoms with van der Waals surface area (Å²) in [6.07, 6.45) is 4.52. The quantitative estimate of drug-likeness (QED) is 0.634. The average molecular weight is 444 g/mol. The zero-order chi connectivity index (χ0) is 22.2. The molecule has 0 radical (unpaired) electrons. The number of nitrogens with zero attached hydrogens (tertiary/aromatic N) is 2. The first-order valence-electron chi connectivity index (χ1n) is 10.5. The number of methoxy groups -OCH3 is 1. The third-order valence-corrected chi connectivity index (χ3v) is 7.82. The van der Waals surface area contributed by atoms with Crippen LogP contribution in [0.3, 0.4) is 0 Å². The number of anilines is 1. The van der Waals surface area contributed by atoms with E-state index in [2.05, 4.69) is 39.8 Å². The summed E-state index contributed by atoms with van der Waals surface area (Å²) in [7, 11) is -1.68. The van der Waals surface area contributed by atoms with E-state index in [1.165, 1.54) is 5.56 Å². The van der Waals surface area contributed by atoms with Gasteiger partial charge in [0.05, 0.1) is 18.0 Å². The Morgan fingerprint density at radius 3 is 2.77 bits per heavy atom. The van der Waals surface area contributed by atoms with Crippen LogP contribution in [0.4, 0.5) is 10.5 Å². The number of hydrogen-bond donors (Lipinski definition) is 3. The van der Waals surface area contributed by atoms with Gasteiger partial charge in [-0.15, -0.1) is 0 Å². The zero-order valence-electron chi connectivity index (χ0n) is 18.1. The van der Waals surface area contributed by atoms with E-state index >= 15 is 0 Å². The molecule has 1 atom stereocenters. The smallest absolute Gasteiger partial charge is 0.331 e. The maximum absolute atomic E-state index is 12.9. The lowest BCUT2D eigenvalue weighted by Gasteiger charge is -2.42. The Morgan fingerprint density at radius 2 is 2.06 bits per heavy atom. The minimum absolute atomic E-state index is 0.340. The van der Waals surface area contributed by atoms with Crippen LogP contribution in [-0.2, 0) is 22.8 Å². The number of nitrogens with one attached hydrogen (secondary N) is 3. The molecule has 0 spiro atoms. The minimum atomic E-state index is -3.25. The normalized spacial score (nSPS) is 18.2. The van der Waals surface area contributed by atoms with Gasteiger partial charge in [-0.05, 0) is 55.9 Å². The summed E-state index contributed by atoms with van der Waals surface area (Å²) < 4.78 is 28.8. The standard InChI is InChI=1S/C22H29N5O3S/c1-14(2)27-12-17(13-27)31(23,29)26-22(28)25-21-18-6-4-5-15(18)7-8-19(21)16-9-10-24-20(11-16)30-3/h7-11,14,17H,4-6,12-13H2,1-3H3,(H3,23,25,26,28,29). The van der Waals surface area contributed by atoms with E-state index in [1.54, 1.807) is 13.3 Å². The summed E-state index contributed by atoms with van der Waals surface area (Å²) in [6.45, 7) is 5.24. The summed E-state index contributed by atoms with van der Waals surface area (Å²) in [5, 5.41) is 2.56. The highest BCUT2D eigenvalue weighted by atomic mass is 32.2. The summed E-state index contributed by atoms with van der Waals surface area (Å²) in [5.41, 5.74) is 4.72. The van der Waals surface area contributed by atoms with Crippen molar-refractivity contribution in [1.82, 2.24) is 14.6 Å². The first-order chi connectivity index (χ1) is 14.8. The number of carbonyl (C=O) groups is 1. The molecule has 4 rings (SSSR count). The molecule has 1 aromatic carbocycles. The third kappa shape index (κ3) is 4.38. The Balaban J connectivity index is 1.58. The van der Waals surface area contributed by atoms with Crippen molar-refractivity contribution >= 4 is 21.6 Å². The van der Waals surface area contributed by atoms with E-state index in [0.29, 0.717) is 30.7 Å². The molecule has 2 heterocycles. The van der Waals surface area contributed by atoms with Crippen LogP contribution in [0.15, 0.2) is 30.5 Å². The van der Waals surface area contributed by atoms with Gasteiger partial charge in [-0.2, -0.15) is 0 Å². The molecule has 0 saturated carbocycles. The number of likely N-dealkylation sites (tertiary alicyclic amines) is 1. The molecule has 1 saturated heterocycles. The molecule has 2 amide bonds. The molecule has 31 heavy (non-hydrogen) atoms. The molecule has 2 aromatic rings. The topological polar surface area (TPSA) is 107 Å². The fourth-order valence-electron chi connectivity index (χ4n) is 4.20. The number of benzene rings is 1. The van der Waals surface area contributed by atoms with Gasteiger partial charge in [-0.1, -0.05) is 12.1 Å². The lowest BCUT2D eigenvalue weighted by molar-refractivity contribution is 0.143. The number of aryl methyl sites for hydroxylation is 1. The van der Waals surface area contributed by atoms with Crippen LogP contribution in [0, 0.1) is 4.78 Å². The van der Waals surface area contributed by atoms with Crippen molar-refractivity contribution in [1.29, 1.82) is 4.78 Å². The number of carbonyl (C=O) groups excluding carboxylic acids is 1. The second kappa shape index (κ2) is 8.47. The Kier molecular flexibility index (Phi) is 5.90. The van der Waals surface area contributed by atoms with Crippen LogP contribution in [0.25, 0.3) is 11.1 Å². The monoisotopic (exact) mass is 443 g/mol. The van der Waals surface area contributed by atoms with Gasteiger partial charge in [-0.3, -0.25) is 9.62 Å². The number of ether oxygens (including phenoxy) is 1. The molecule has 1 unspecified atom stereocenters. The van der Waals surface area contributed by atoms with Crippen LogP contribution in [0.1, 0.15) is 31.4 Å². The molecule has 1 aliphatic heterocycles. The van der Waals surface area contributed by atoms with Crippen LogP contribution in [0.2, 0.25) is 0 Å². The molecule has 9 heteroatoms. The van der Waals surface area contributed by atoms with Gasteiger partial charge in [0.2, 0.25) is 5.88 Å². The molecular weight excluding hydrogens is 414 g/mol. The van der Waals surface area contributed by atoms with E-state index in [9.17, 15) is 9.00 Å². The molecule has 1 fully saturated rings. The molecular formula is C22H29N5O3S. The maximum Gasteiger partial charge on any atom is 0.331 e. The maximum atomic E-state index is 12.9. The molecule has 0 bridgehead atoms. The van der Waals surface area contributed by atoms with Crippen molar-refractivity contribution in [3.05, 3.63) is 41.6 Å². The van der Waals surface area contributed by atoms with Crippen molar-refractivity contribution < 1.29 is 13.7 Å². The van der Waals surface area contributed by atoms with Crippen LogP contribution >= 0.6 is 0 Å². The Morgan fingerprint density at radius 1 is 1.29 bits per heavy atom. The fourth-order valence-corrected chi connectivity index (χ4v) is 5.50. The van der Waals surface area contributed by atoms with Crippen molar-refractivity contribution in [2.24, 2.45) is 0 Å². The van der Waals surface area contributed by atoms with Crippen molar-refractivity contribution in [2.45, 2.75) is 44.4 Å². The summed E-state index contributed by atoms with van der Waals surface area (Å²) in [4.78, 5) is 19.1. The fraction of sp³-hybridized carbons (Fsp3) is 0.455. The van der Waals surface area contributed by atoms with Crippen molar-refractivity contribution in [3.63, 3.8) is 0 Å². The van der Waals surface area contributed by atoms with E-state index in [0.717, 1.165) is 36.0 Å². The number of rotatable bonds is 6. The highest BCUT2D eigenvalue weighted by Gasteiger charge is 2.37. The van der Waals surface area contributed by atoms with Gasteiger partial charge in [0.1, 0.15) is 9.92 Å². The Labute approximate surface area is 183 Å². The van der Waals surface area contributed by atoms with Crippen molar-refractivity contribution in [2.75, 3.05) is 25.5 Å². The van der Waals surface area contributed by atoms with E-state index in [1.807, 2.05) is 18.2 Å². The summed E-state index contributed by atoms with van der Waals surface area (Å²) in [6, 6.07) is 7.50. The SMILES string of the molecule is COc1cc(-c2ccc3c(c2NC(=O)NS(=N)(=O)C2CN(C(C)C)C2)CCC3)ccn1. The lowest BCUT2D eigenvalue weighted by atomic mass is 9.98. The number of pyridine rings is 1. The molecule has 166 valence electrons. The molecule has 8 nitrogen and oxygen atoms in total. The molecule has 3 N–H and O–H groups in total. The third-order valence-electron chi connectivity index (χ3n) is 6.10. The predicted molar refractivity (Wildman–Crippen MR) is 122 cm³/mol. The van der Waals surface area contributed by atoms with E-state index in [-0.39, 0.29) is 5.25 Å². The Bertz CT molecular complexity index is 1090. The molecule has 1 aliphatic carbocycles. The highest BCUT2D eigenvalue weighted by molar-refractivity contribution is 7.91. The lowest BCUT2D eigenvalue weighted by Crippen LogP contribution is -2.59. The number of amides is 2. The second-order valence-corrected chi connectivity index (χ2v) is 10.5. The van der Waals surface area contributed by atoms with E-state index in [4.69, 9.17) is 9.52 Å². The van der Waals surface area contributed by atoms with Crippen molar-refractivity contribution in [3.8, 4) is 17.0 Å². The number of fused-ring (bicyclic) bond motifs is 1. The predicted octanol–water partition coefficient (Wildman–Crippen LogP) is 3.42. The summed E-state index contributed by atoms with van der Waals surface area (Å²) >= 11 is 0.